The molecule has 1 aromatic carbocycles. The molecule has 0 fully saturated rings. The fraction of sp³-hybridized carbons (Fsp3) is 0.357. The summed E-state index contributed by atoms with van der Waals surface area (Å²) in [6.07, 6.45) is 0.561. The van der Waals surface area contributed by atoms with Crippen LogP contribution in [-0.2, 0) is 11.2 Å². The Morgan fingerprint density at radius 1 is 1.41 bits per heavy atom. The highest BCUT2D eigenvalue weighted by Crippen LogP contribution is 2.16. The molecule has 0 aliphatic carbocycles. The molecule has 2 nitrogen and oxygen atoms in total. The summed E-state index contributed by atoms with van der Waals surface area (Å²) < 4.78 is 0. The van der Waals surface area contributed by atoms with Gasteiger partial charge in [-0.15, -0.1) is 0 Å². The second-order valence-electron chi connectivity index (χ2n) is 3.79. The molecule has 1 rings (SSSR count). The number of hydrogen-bond donors (Lipinski definition) is 1. The number of aliphatic hydroxyl groups is 1. The van der Waals surface area contributed by atoms with Gasteiger partial charge in [0.25, 0.3) is 0 Å². The minimum Gasteiger partial charge on any atom is -0.388 e. The quantitative estimate of drug-likeness (QED) is 0.789. The molecule has 0 amide bonds. The molecule has 17 heavy (non-hydrogen) atoms. The van der Waals surface area contributed by atoms with Crippen molar-refractivity contribution in [1.82, 2.24) is 0 Å². The van der Waals surface area contributed by atoms with E-state index in [1.165, 1.54) is 11.8 Å². The van der Waals surface area contributed by atoms with Crippen molar-refractivity contribution >= 4 is 16.9 Å². The van der Waals surface area contributed by atoms with Crippen molar-refractivity contribution in [3.63, 3.8) is 0 Å². The van der Waals surface area contributed by atoms with Crippen LogP contribution in [0.3, 0.4) is 0 Å². The molecule has 0 saturated carbocycles. The zero-order valence-electron chi connectivity index (χ0n) is 10.1. The average Bonchev–Trinajstić information content (AvgIpc) is 2.36. The summed E-state index contributed by atoms with van der Waals surface area (Å²) in [5, 5.41) is 9.74. The predicted octanol–water partition coefficient (Wildman–Crippen LogP) is 2.82. The van der Waals surface area contributed by atoms with Gasteiger partial charge in [-0.3, -0.25) is 4.79 Å². The summed E-state index contributed by atoms with van der Waals surface area (Å²) in [7, 11) is 0. The lowest BCUT2D eigenvalue weighted by molar-refractivity contribution is -0.108. The largest absolute Gasteiger partial charge is 0.388 e. The zero-order valence-corrected chi connectivity index (χ0v) is 10.9. The van der Waals surface area contributed by atoms with E-state index in [0.29, 0.717) is 17.7 Å². The predicted molar refractivity (Wildman–Crippen MR) is 73.0 cm³/mol. The Bertz CT molecular complexity index is 373. The van der Waals surface area contributed by atoms with Gasteiger partial charge < -0.3 is 5.11 Å². The lowest BCUT2D eigenvalue weighted by Gasteiger charge is -2.12. The van der Waals surface area contributed by atoms with Crippen molar-refractivity contribution < 1.29 is 9.90 Å². The number of benzene rings is 1. The van der Waals surface area contributed by atoms with Gasteiger partial charge >= 0.3 is 0 Å². The van der Waals surface area contributed by atoms with Gasteiger partial charge in [-0.25, -0.2) is 0 Å². The van der Waals surface area contributed by atoms with Crippen LogP contribution in [0.2, 0.25) is 0 Å². The average molecular weight is 250 g/mol. The fourth-order valence-corrected chi connectivity index (χ4v) is 2.07. The van der Waals surface area contributed by atoms with Crippen LogP contribution in [0.25, 0.3) is 0 Å². The molecule has 0 heterocycles. The first-order valence-electron chi connectivity index (χ1n) is 5.73. The summed E-state index contributed by atoms with van der Waals surface area (Å²) in [5.41, 5.74) is 1.47. The third-order valence-corrected chi connectivity index (χ3v) is 3.30. The smallest absolute Gasteiger partial charge is 0.217 e. The van der Waals surface area contributed by atoms with Gasteiger partial charge in [-0.1, -0.05) is 55.6 Å². The van der Waals surface area contributed by atoms with Crippen molar-refractivity contribution in [3.05, 3.63) is 48.0 Å². The highest BCUT2D eigenvalue weighted by molar-refractivity contribution is 8.14. The molecular formula is C14H18O2S. The molecule has 92 valence electrons. The van der Waals surface area contributed by atoms with Crippen molar-refractivity contribution in [2.24, 2.45) is 0 Å². The minimum absolute atomic E-state index is 0.104. The second-order valence-corrected chi connectivity index (χ2v) is 5.02. The molecule has 1 unspecified atom stereocenters. The van der Waals surface area contributed by atoms with Gasteiger partial charge in [0.2, 0.25) is 5.12 Å². The Morgan fingerprint density at radius 2 is 2.06 bits per heavy atom. The van der Waals surface area contributed by atoms with Crippen molar-refractivity contribution in [3.8, 4) is 0 Å². The van der Waals surface area contributed by atoms with E-state index >= 15 is 0 Å². The Balaban J connectivity index is 2.42. The Hall–Kier alpha value is -1.06. The third kappa shape index (κ3) is 4.75. The van der Waals surface area contributed by atoms with Crippen LogP contribution in [0, 0.1) is 0 Å². The second kappa shape index (κ2) is 7.30. The van der Waals surface area contributed by atoms with Gasteiger partial charge in [-0.05, 0) is 24.2 Å². The monoisotopic (exact) mass is 250 g/mol. The van der Waals surface area contributed by atoms with E-state index in [-0.39, 0.29) is 5.12 Å². The summed E-state index contributed by atoms with van der Waals surface area (Å²) in [5.74, 6) is 0.712. The number of thioether (sulfide) groups is 1. The number of hydrogen-bond acceptors (Lipinski definition) is 3. The first kappa shape index (κ1) is 14.0. The molecule has 0 spiro atoms. The lowest BCUT2D eigenvalue weighted by Crippen LogP contribution is -2.16. The lowest BCUT2D eigenvalue weighted by atomic mass is 10.0. The van der Waals surface area contributed by atoms with E-state index in [2.05, 4.69) is 6.58 Å². The molecule has 3 heteroatoms. The Kier molecular flexibility index (Phi) is 6.01. The topological polar surface area (TPSA) is 37.3 Å². The number of rotatable bonds is 6. The zero-order chi connectivity index (χ0) is 12.7. The molecule has 1 aromatic rings. The maximum Gasteiger partial charge on any atom is 0.217 e. The van der Waals surface area contributed by atoms with E-state index in [0.717, 1.165) is 12.0 Å². The summed E-state index contributed by atoms with van der Waals surface area (Å²) in [6, 6.07) is 9.92. The first-order chi connectivity index (χ1) is 8.15. The number of carbonyl (C=O) groups excluding carboxylic acids is 1. The summed E-state index contributed by atoms with van der Waals surface area (Å²) in [4.78, 5) is 11.5. The van der Waals surface area contributed by atoms with E-state index in [4.69, 9.17) is 0 Å². The highest BCUT2D eigenvalue weighted by Gasteiger charge is 2.16. The third-order valence-electron chi connectivity index (χ3n) is 2.49. The van der Waals surface area contributed by atoms with Gasteiger partial charge in [0.15, 0.2) is 0 Å². The van der Waals surface area contributed by atoms with Crippen LogP contribution in [0.5, 0.6) is 0 Å². The number of aliphatic hydroxyl groups excluding tert-OH is 1. The SMILES string of the molecule is C=C(C(=O)SCC)C(O)CCc1ccccc1. The number of carbonyl (C=O) groups is 1. The van der Waals surface area contributed by atoms with Gasteiger partial charge in [-0.2, -0.15) is 0 Å². The van der Waals surface area contributed by atoms with E-state index in [1.54, 1.807) is 0 Å². The molecule has 0 aromatic heterocycles. The summed E-state index contributed by atoms with van der Waals surface area (Å²) >= 11 is 1.19. The molecular weight excluding hydrogens is 232 g/mol. The molecule has 0 aliphatic rings. The molecule has 0 saturated heterocycles. The molecule has 0 radical (unpaired) electrons. The van der Waals surface area contributed by atoms with E-state index < -0.39 is 6.10 Å². The van der Waals surface area contributed by atoms with Crippen LogP contribution in [0.1, 0.15) is 18.9 Å². The van der Waals surface area contributed by atoms with Crippen LogP contribution >= 0.6 is 11.8 Å². The maximum absolute atomic E-state index is 11.5. The Labute approximate surface area is 107 Å². The Morgan fingerprint density at radius 3 is 2.65 bits per heavy atom. The number of aryl methyl sites for hydroxylation is 1. The van der Waals surface area contributed by atoms with Gasteiger partial charge in [0.05, 0.1) is 6.10 Å². The van der Waals surface area contributed by atoms with Crippen molar-refractivity contribution in [2.45, 2.75) is 25.9 Å². The van der Waals surface area contributed by atoms with Crippen LogP contribution < -0.4 is 0 Å². The molecule has 0 bridgehead atoms. The fourth-order valence-electron chi connectivity index (χ4n) is 1.48. The van der Waals surface area contributed by atoms with Gasteiger partial charge in [0, 0.05) is 5.57 Å². The normalized spacial score (nSPS) is 12.1. The van der Waals surface area contributed by atoms with Crippen molar-refractivity contribution in [2.75, 3.05) is 5.75 Å². The maximum atomic E-state index is 11.5. The molecule has 1 N–H and O–H groups in total. The molecule has 1 atom stereocenters. The van der Waals surface area contributed by atoms with Crippen LogP contribution in [0.15, 0.2) is 42.5 Å². The van der Waals surface area contributed by atoms with E-state index in [1.807, 2.05) is 37.3 Å². The first-order valence-corrected chi connectivity index (χ1v) is 6.71. The standard InChI is InChI=1S/C14H18O2S/c1-3-17-14(16)11(2)13(15)10-9-12-7-5-4-6-8-12/h4-8,13,15H,2-3,9-10H2,1H3. The molecule has 0 aliphatic heterocycles. The van der Waals surface area contributed by atoms with Crippen LogP contribution in [0.4, 0.5) is 0 Å². The van der Waals surface area contributed by atoms with Gasteiger partial charge in [0.1, 0.15) is 0 Å². The minimum atomic E-state index is -0.734. The van der Waals surface area contributed by atoms with Crippen LogP contribution in [-0.4, -0.2) is 22.1 Å². The van der Waals surface area contributed by atoms with E-state index in [9.17, 15) is 9.90 Å². The summed E-state index contributed by atoms with van der Waals surface area (Å²) in [6.45, 7) is 5.57. The van der Waals surface area contributed by atoms with Crippen molar-refractivity contribution in [1.29, 1.82) is 0 Å². The highest BCUT2D eigenvalue weighted by atomic mass is 32.2.